The first-order chi connectivity index (χ1) is 10.3. The summed E-state index contributed by atoms with van der Waals surface area (Å²) >= 11 is 12.2. The predicted molar refractivity (Wildman–Crippen MR) is 82.2 cm³/mol. The van der Waals surface area contributed by atoms with Crippen LogP contribution in [0.25, 0.3) is 0 Å². The van der Waals surface area contributed by atoms with E-state index in [0.29, 0.717) is 21.4 Å². The molecule has 0 radical (unpaired) electrons. The normalized spacial score (nSPS) is 11.5. The molecule has 0 unspecified atom stereocenters. The fraction of sp³-hybridized carbons (Fsp3) is 0.357. The number of nitrogens with zero attached hydrogens (tertiary/aromatic N) is 2. The standard InChI is InChI=1S/C14H15Cl2N3O3/c1-14(2,7-20)18-12(21)13-17-11(19-22-13)6-8-9(15)4-3-5-10(8)16/h3-5,20H,6-7H2,1-2H3,(H,18,21). The highest BCUT2D eigenvalue weighted by Crippen LogP contribution is 2.26. The van der Waals surface area contributed by atoms with Gasteiger partial charge in [-0.2, -0.15) is 4.98 Å². The summed E-state index contributed by atoms with van der Waals surface area (Å²) in [7, 11) is 0. The van der Waals surface area contributed by atoms with E-state index < -0.39 is 11.4 Å². The van der Waals surface area contributed by atoms with E-state index in [-0.39, 0.29) is 18.9 Å². The predicted octanol–water partition coefficient (Wildman–Crippen LogP) is 2.47. The summed E-state index contributed by atoms with van der Waals surface area (Å²) in [6.45, 7) is 3.13. The lowest BCUT2D eigenvalue weighted by atomic mass is 10.1. The van der Waals surface area contributed by atoms with Gasteiger partial charge in [0.1, 0.15) is 0 Å². The van der Waals surface area contributed by atoms with E-state index in [1.807, 2.05) is 0 Å². The van der Waals surface area contributed by atoms with Gasteiger partial charge >= 0.3 is 11.8 Å². The molecule has 0 aliphatic heterocycles. The monoisotopic (exact) mass is 343 g/mol. The number of benzene rings is 1. The molecule has 1 aromatic heterocycles. The Morgan fingerprint density at radius 2 is 2.00 bits per heavy atom. The van der Waals surface area contributed by atoms with E-state index in [4.69, 9.17) is 32.8 Å². The third kappa shape index (κ3) is 3.97. The van der Waals surface area contributed by atoms with Crippen LogP contribution in [0.4, 0.5) is 0 Å². The Labute approximate surface area is 137 Å². The number of halogens is 2. The molecule has 6 nitrogen and oxygen atoms in total. The number of rotatable bonds is 5. The van der Waals surface area contributed by atoms with E-state index in [0.717, 1.165) is 0 Å². The molecule has 0 aliphatic carbocycles. The van der Waals surface area contributed by atoms with Gasteiger partial charge in [-0.1, -0.05) is 34.4 Å². The van der Waals surface area contributed by atoms with Gasteiger partial charge in [0, 0.05) is 16.5 Å². The van der Waals surface area contributed by atoms with Crippen molar-refractivity contribution in [2.24, 2.45) is 0 Å². The number of amides is 1. The summed E-state index contributed by atoms with van der Waals surface area (Å²) in [6.07, 6.45) is 0.249. The molecule has 0 bridgehead atoms. The third-order valence-electron chi connectivity index (χ3n) is 2.91. The topological polar surface area (TPSA) is 88.2 Å². The molecule has 2 rings (SSSR count). The maximum absolute atomic E-state index is 11.9. The van der Waals surface area contributed by atoms with Crippen LogP contribution in [0.1, 0.15) is 35.9 Å². The number of aromatic nitrogens is 2. The highest BCUT2D eigenvalue weighted by molar-refractivity contribution is 6.36. The zero-order valence-corrected chi connectivity index (χ0v) is 13.6. The van der Waals surface area contributed by atoms with Crippen LogP contribution in [-0.4, -0.2) is 33.3 Å². The van der Waals surface area contributed by atoms with Crippen molar-refractivity contribution in [1.82, 2.24) is 15.5 Å². The Morgan fingerprint density at radius 3 is 2.59 bits per heavy atom. The van der Waals surface area contributed by atoms with Gasteiger partial charge in [-0.05, 0) is 31.5 Å². The Bertz CT molecular complexity index is 665. The summed E-state index contributed by atoms with van der Waals surface area (Å²) in [5, 5.41) is 16.4. The Hall–Kier alpha value is -1.63. The molecular weight excluding hydrogens is 329 g/mol. The van der Waals surface area contributed by atoms with Crippen molar-refractivity contribution in [3.8, 4) is 0 Å². The first-order valence-corrected chi connectivity index (χ1v) is 7.27. The van der Waals surface area contributed by atoms with E-state index in [1.54, 1.807) is 32.0 Å². The zero-order valence-electron chi connectivity index (χ0n) is 12.1. The number of hydrogen-bond acceptors (Lipinski definition) is 5. The van der Waals surface area contributed by atoms with E-state index >= 15 is 0 Å². The van der Waals surface area contributed by atoms with Gasteiger partial charge in [0.15, 0.2) is 5.82 Å². The number of carbonyl (C=O) groups excluding carboxylic acids is 1. The van der Waals surface area contributed by atoms with Crippen molar-refractivity contribution in [3.63, 3.8) is 0 Å². The van der Waals surface area contributed by atoms with Crippen molar-refractivity contribution in [1.29, 1.82) is 0 Å². The van der Waals surface area contributed by atoms with Crippen molar-refractivity contribution < 1.29 is 14.4 Å². The van der Waals surface area contributed by atoms with Crippen LogP contribution in [-0.2, 0) is 6.42 Å². The molecule has 0 aliphatic rings. The van der Waals surface area contributed by atoms with Crippen LogP contribution in [0, 0.1) is 0 Å². The lowest BCUT2D eigenvalue weighted by Gasteiger charge is -2.21. The molecule has 22 heavy (non-hydrogen) atoms. The van der Waals surface area contributed by atoms with Crippen LogP contribution >= 0.6 is 23.2 Å². The molecule has 0 spiro atoms. The summed E-state index contributed by atoms with van der Waals surface area (Å²) in [5.41, 5.74) is -0.119. The number of hydrogen-bond donors (Lipinski definition) is 2. The van der Waals surface area contributed by atoms with Gasteiger partial charge in [-0.3, -0.25) is 4.79 Å². The van der Waals surface area contributed by atoms with Gasteiger partial charge < -0.3 is 14.9 Å². The van der Waals surface area contributed by atoms with Gasteiger partial charge in [-0.25, -0.2) is 0 Å². The van der Waals surface area contributed by atoms with Crippen LogP contribution in [0.5, 0.6) is 0 Å². The minimum absolute atomic E-state index is 0.181. The fourth-order valence-corrected chi connectivity index (χ4v) is 2.21. The second-order valence-electron chi connectivity index (χ2n) is 5.39. The maximum atomic E-state index is 11.9. The first-order valence-electron chi connectivity index (χ1n) is 6.51. The van der Waals surface area contributed by atoms with Crippen LogP contribution in [0.3, 0.4) is 0 Å². The smallest absolute Gasteiger partial charge is 0.315 e. The van der Waals surface area contributed by atoms with Crippen molar-refractivity contribution in [3.05, 3.63) is 45.5 Å². The van der Waals surface area contributed by atoms with Crippen molar-refractivity contribution >= 4 is 29.1 Å². The minimum Gasteiger partial charge on any atom is -0.394 e. The third-order valence-corrected chi connectivity index (χ3v) is 3.61. The molecule has 2 aromatic rings. The van der Waals surface area contributed by atoms with E-state index in [1.165, 1.54) is 0 Å². The molecule has 1 amide bonds. The lowest BCUT2D eigenvalue weighted by molar-refractivity contribution is 0.0825. The molecule has 0 saturated carbocycles. The molecule has 1 heterocycles. The minimum atomic E-state index is -0.780. The zero-order chi connectivity index (χ0) is 16.3. The lowest BCUT2D eigenvalue weighted by Crippen LogP contribution is -2.46. The molecule has 0 saturated heterocycles. The summed E-state index contributed by atoms with van der Waals surface area (Å²) in [4.78, 5) is 16.0. The number of nitrogens with one attached hydrogen (secondary N) is 1. The molecular formula is C14H15Cl2N3O3. The SMILES string of the molecule is CC(C)(CO)NC(=O)c1nc(Cc2c(Cl)cccc2Cl)no1. The van der Waals surface area contributed by atoms with Gasteiger partial charge in [0.25, 0.3) is 0 Å². The van der Waals surface area contributed by atoms with E-state index in [9.17, 15) is 4.79 Å². The Kier molecular flexibility index (Phi) is 5.05. The Morgan fingerprint density at radius 1 is 1.36 bits per heavy atom. The number of aliphatic hydroxyl groups excluding tert-OH is 1. The highest BCUT2D eigenvalue weighted by atomic mass is 35.5. The first kappa shape index (κ1) is 16.7. The van der Waals surface area contributed by atoms with Gasteiger partial charge in [0.05, 0.1) is 12.1 Å². The largest absolute Gasteiger partial charge is 0.394 e. The summed E-state index contributed by atoms with van der Waals surface area (Å²) in [6, 6.07) is 5.15. The fourth-order valence-electron chi connectivity index (χ4n) is 1.68. The molecule has 0 fully saturated rings. The van der Waals surface area contributed by atoms with Crippen molar-refractivity contribution in [2.75, 3.05) is 6.61 Å². The van der Waals surface area contributed by atoms with Crippen molar-refractivity contribution in [2.45, 2.75) is 25.8 Å². The average molecular weight is 344 g/mol. The molecule has 8 heteroatoms. The number of carbonyl (C=O) groups is 1. The quantitative estimate of drug-likeness (QED) is 0.870. The highest BCUT2D eigenvalue weighted by Gasteiger charge is 2.24. The van der Waals surface area contributed by atoms with Gasteiger partial charge in [0.2, 0.25) is 0 Å². The molecule has 2 N–H and O–H groups in total. The van der Waals surface area contributed by atoms with E-state index in [2.05, 4.69) is 15.5 Å². The summed E-state index contributed by atoms with van der Waals surface area (Å²) in [5.74, 6) is -0.440. The number of aliphatic hydroxyl groups is 1. The Balaban J connectivity index is 2.14. The summed E-state index contributed by atoms with van der Waals surface area (Å²) < 4.78 is 4.93. The average Bonchev–Trinajstić information content (AvgIpc) is 2.91. The maximum Gasteiger partial charge on any atom is 0.315 e. The van der Waals surface area contributed by atoms with Crippen LogP contribution in [0.2, 0.25) is 10.0 Å². The second-order valence-corrected chi connectivity index (χ2v) is 6.20. The van der Waals surface area contributed by atoms with Crippen LogP contribution < -0.4 is 5.32 Å². The molecule has 118 valence electrons. The molecule has 1 aromatic carbocycles. The second kappa shape index (κ2) is 6.64. The van der Waals surface area contributed by atoms with Crippen LogP contribution in [0.15, 0.2) is 22.7 Å². The molecule has 0 atom stereocenters. The van der Waals surface area contributed by atoms with Gasteiger partial charge in [-0.15, -0.1) is 0 Å².